The largest absolute Gasteiger partial charge is 0.264 e. The van der Waals surface area contributed by atoms with Crippen molar-refractivity contribution in [2.75, 3.05) is 6.26 Å². The summed E-state index contributed by atoms with van der Waals surface area (Å²) in [6.07, 6.45) is 6.78. The molecule has 2 rings (SSSR count). The minimum absolute atomic E-state index is 0.795. The van der Waals surface area contributed by atoms with Crippen molar-refractivity contribution in [2.45, 2.75) is 4.21 Å². The Bertz CT molecular complexity index is 453. The Morgan fingerprint density at radius 1 is 1.43 bits per heavy atom. The van der Waals surface area contributed by atoms with Crippen molar-refractivity contribution in [1.29, 1.82) is 0 Å². The van der Waals surface area contributed by atoms with E-state index in [-0.39, 0.29) is 0 Å². The predicted octanol–water partition coefficient (Wildman–Crippen LogP) is 1.94. The van der Waals surface area contributed by atoms with Gasteiger partial charge in [0.15, 0.2) is 0 Å². The van der Waals surface area contributed by atoms with Crippen molar-refractivity contribution >= 4 is 22.1 Å². The van der Waals surface area contributed by atoms with Gasteiger partial charge in [0.2, 0.25) is 0 Å². The van der Waals surface area contributed by atoms with E-state index in [2.05, 4.69) is 9.97 Å². The van der Waals surface area contributed by atoms with Crippen molar-refractivity contribution in [1.82, 2.24) is 9.97 Å². The van der Waals surface area contributed by atoms with E-state index in [1.165, 1.54) is 11.3 Å². The number of pyridine rings is 1. The topological polar surface area (TPSA) is 42.9 Å². The summed E-state index contributed by atoms with van der Waals surface area (Å²) in [6, 6.07) is 3.80. The van der Waals surface area contributed by atoms with Gasteiger partial charge in [0.05, 0.1) is 17.0 Å². The second kappa shape index (κ2) is 3.98. The number of hydrogen-bond donors (Lipinski definition) is 0. The average Bonchev–Trinajstić information content (AvgIpc) is 2.68. The molecule has 1 atom stereocenters. The van der Waals surface area contributed by atoms with Crippen LogP contribution in [0.15, 0.2) is 34.9 Å². The van der Waals surface area contributed by atoms with Crippen molar-refractivity contribution in [3.63, 3.8) is 0 Å². The highest BCUT2D eigenvalue weighted by atomic mass is 32.2. The Labute approximate surface area is 88.3 Å². The van der Waals surface area contributed by atoms with Gasteiger partial charge in [-0.15, -0.1) is 11.3 Å². The van der Waals surface area contributed by atoms with Gasteiger partial charge in [0.1, 0.15) is 9.22 Å². The molecule has 0 fully saturated rings. The first-order chi connectivity index (χ1) is 6.77. The highest BCUT2D eigenvalue weighted by Crippen LogP contribution is 2.25. The monoisotopic (exact) mass is 224 g/mol. The summed E-state index contributed by atoms with van der Waals surface area (Å²) in [4.78, 5) is 8.20. The molecule has 1 unspecified atom stereocenters. The SMILES string of the molecule is CS(=O)c1cnc(-c2cccnc2)s1. The van der Waals surface area contributed by atoms with E-state index >= 15 is 0 Å². The minimum Gasteiger partial charge on any atom is -0.264 e. The van der Waals surface area contributed by atoms with Crippen LogP contribution in [-0.4, -0.2) is 20.4 Å². The molecule has 0 spiro atoms. The maximum absolute atomic E-state index is 11.2. The summed E-state index contributed by atoms with van der Waals surface area (Å²) in [5.41, 5.74) is 0.967. The second-order valence-corrected chi connectivity index (χ2v) is 5.32. The lowest BCUT2D eigenvalue weighted by Gasteiger charge is -1.91. The van der Waals surface area contributed by atoms with Crippen LogP contribution in [0.3, 0.4) is 0 Å². The third-order valence-electron chi connectivity index (χ3n) is 1.68. The van der Waals surface area contributed by atoms with E-state index < -0.39 is 10.8 Å². The van der Waals surface area contributed by atoms with Crippen molar-refractivity contribution in [2.24, 2.45) is 0 Å². The molecule has 0 aromatic carbocycles. The molecule has 2 aromatic rings. The van der Waals surface area contributed by atoms with Crippen LogP contribution in [0.2, 0.25) is 0 Å². The molecule has 0 radical (unpaired) electrons. The van der Waals surface area contributed by atoms with Gasteiger partial charge in [0, 0.05) is 24.2 Å². The lowest BCUT2D eigenvalue weighted by Crippen LogP contribution is -1.78. The summed E-state index contributed by atoms with van der Waals surface area (Å²) in [5, 5.41) is 0.864. The molecule has 0 aliphatic carbocycles. The van der Waals surface area contributed by atoms with Crippen LogP contribution in [0.5, 0.6) is 0 Å². The number of rotatable bonds is 2. The molecule has 0 saturated heterocycles. The van der Waals surface area contributed by atoms with Crippen molar-refractivity contribution in [3.8, 4) is 10.6 Å². The number of aromatic nitrogens is 2. The second-order valence-electron chi connectivity index (χ2n) is 2.68. The fourth-order valence-electron chi connectivity index (χ4n) is 1.01. The standard InChI is InChI=1S/C9H8N2OS2/c1-14(12)8-6-11-9(13-8)7-3-2-4-10-5-7/h2-6H,1H3. The van der Waals surface area contributed by atoms with E-state index in [1.807, 2.05) is 12.1 Å². The van der Waals surface area contributed by atoms with Gasteiger partial charge in [-0.05, 0) is 12.1 Å². The van der Waals surface area contributed by atoms with Crippen molar-refractivity contribution in [3.05, 3.63) is 30.7 Å². The molecule has 2 aromatic heterocycles. The van der Waals surface area contributed by atoms with Crippen LogP contribution in [0, 0.1) is 0 Å². The fraction of sp³-hybridized carbons (Fsp3) is 0.111. The van der Waals surface area contributed by atoms with Crippen LogP contribution < -0.4 is 0 Å². The third-order valence-corrected chi connectivity index (χ3v) is 4.14. The Hall–Kier alpha value is -1.07. The molecule has 3 nitrogen and oxygen atoms in total. The van der Waals surface area contributed by atoms with Crippen molar-refractivity contribution < 1.29 is 4.21 Å². The van der Waals surface area contributed by atoms with E-state index in [0.717, 1.165) is 14.8 Å². The highest BCUT2D eigenvalue weighted by Gasteiger charge is 2.06. The first-order valence-corrected chi connectivity index (χ1v) is 6.34. The summed E-state index contributed by atoms with van der Waals surface area (Å²) >= 11 is 1.44. The van der Waals surface area contributed by atoms with Gasteiger partial charge in [0.25, 0.3) is 0 Å². The van der Waals surface area contributed by atoms with Crippen LogP contribution in [0.4, 0.5) is 0 Å². The van der Waals surface area contributed by atoms with Crippen LogP contribution in [0.1, 0.15) is 0 Å². The molecule has 0 aliphatic rings. The lowest BCUT2D eigenvalue weighted by atomic mass is 10.3. The van der Waals surface area contributed by atoms with Gasteiger partial charge in [-0.2, -0.15) is 0 Å². The smallest absolute Gasteiger partial charge is 0.126 e. The van der Waals surface area contributed by atoms with Gasteiger partial charge < -0.3 is 0 Å². The molecule has 0 amide bonds. The maximum Gasteiger partial charge on any atom is 0.126 e. The van der Waals surface area contributed by atoms with Gasteiger partial charge in [-0.25, -0.2) is 4.98 Å². The molecule has 14 heavy (non-hydrogen) atoms. The minimum atomic E-state index is -0.946. The molecule has 2 heterocycles. The average molecular weight is 224 g/mol. The fourth-order valence-corrected chi connectivity index (χ4v) is 2.56. The molecule has 5 heteroatoms. The number of nitrogens with zero attached hydrogens (tertiary/aromatic N) is 2. The maximum atomic E-state index is 11.2. The van der Waals surface area contributed by atoms with Crippen LogP contribution >= 0.6 is 11.3 Å². The summed E-state index contributed by atoms with van der Waals surface area (Å²) in [7, 11) is -0.946. The molecular weight excluding hydrogens is 216 g/mol. The normalized spacial score (nSPS) is 12.6. The van der Waals surface area contributed by atoms with Gasteiger partial charge in [-0.3, -0.25) is 9.19 Å². The first-order valence-electron chi connectivity index (χ1n) is 3.97. The van der Waals surface area contributed by atoms with Crippen LogP contribution in [-0.2, 0) is 10.8 Å². The van der Waals surface area contributed by atoms with Crippen LogP contribution in [0.25, 0.3) is 10.6 Å². The summed E-state index contributed by atoms with van der Waals surface area (Å²) in [6.45, 7) is 0. The van der Waals surface area contributed by atoms with E-state index in [4.69, 9.17) is 0 Å². The Balaban J connectivity index is 2.39. The zero-order chi connectivity index (χ0) is 9.97. The molecular formula is C9H8N2OS2. The van der Waals surface area contributed by atoms with E-state index in [9.17, 15) is 4.21 Å². The molecule has 0 bridgehead atoms. The predicted molar refractivity (Wildman–Crippen MR) is 57.7 cm³/mol. The lowest BCUT2D eigenvalue weighted by molar-refractivity contribution is 0.688. The number of hydrogen-bond acceptors (Lipinski definition) is 4. The Morgan fingerprint density at radius 3 is 2.86 bits per heavy atom. The molecule has 0 saturated carbocycles. The quantitative estimate of drug-likeness (QED) is 0.783. The Morgan fingerprint density at radius 2 is 2.29 bits per heavy atom. The summed E-state index contributed by atoms with van der Waals surface area (Å²) < 4.78 is 12.0. The molecule has 0 aliphatic heterocycles. The first kappa shape index (κ1) is 9.48. The Kier molecular flexibility index (Phi) is 2.69. The molecule has 0 N–H and O–H groups in total. The van der Waals surface area contributed by atoms with Gasteiger partial charge >= 0.3 is 0 Å². The third kappa shape index (κ3) is 1.88. The summed E-state index contributed by atoms with van der Waals surface area (Å²) in [5.74, 6) is 0. The zero-order valence-corrected chi connectivity index (χ0v) is 9.14. The van der Waals surface area contributed by atoms with Gasteiger partial charge in [-0.1, -0.05) is 0 Å². The zero-order valence-electron chi connectivity index (χ0n) is 7.51. The van der Waals surface area contributed by atoms with E-state index in [0.29, 0.717) is 0 Å². The molecule has 72 valence electrons. The number of thiazole rings is 1. The highest BCUT2D eigenvalue weighted by molar-refractivity contribution is 7.86. The van der Waals surface area contributed by atoms with E-state index in [1.54, 1.807) is 24.8 Å².